The van der Waals surface area contributed by atoms with Crippen LogP contribution < -0.4 is 10.1 Å². The zero-order valence-electron chi connectivity index (χ0n) is 17.4. The Morgan fingerprint density at radius 3 is 2.52 bits per heavy atom. The predicted octanol–water partition coefficient (Wildman–Crippen LogP) is 3.79. The van der Waals surface area contributed by atoms with Gasteiger partial charge in [0.25, 0.3) is 0 Å². The summed E-state index contributed by atoms with van der Waals surface area (Å²) in [5, 5.41) is 2.96. The van der Waals surface area contributed by atoms with Crippen molar-refractivity contribution in [2.24, 2.45) is 0 Å². The van der Waals surface area contributed by atoms with Crippen molar-refractivity contribution in [3.63, 3.8) is 0 Å². The second-order valence-corrected chi connectivity index (χ2v) is 7.94. The number of esters is 1. The summed E-state index contributed by atoms with van der Waals surface area (Å²) in [7, 11) is 1.32. The first-order chi connectivity index (χ1) is 15.0. The summed E-state index contributed by atoms with van der Waals surface area (Å²) >= 11 is 0. The molecular formula is C24H26FNO5. The van der Waals surface area contributed by atoms with E-state index >= 15 is 0 Å². The molecule has 4 rings (SSSR count). The largest absolute Gasteiger partial charge is 0.469 e. The SMILES string of the molecule is COC(=O)CC[C@]1(c2ccc(F)cc2)C(=O)N[C@H]1c1ccc(OC2CCCCO2)cc1. The van der Waals surface area contributed by atoms with E-state index in [0.717, 1.165) is 24.8 Å². The van der Waals surface area contributed by atoms with Crippen molar-refractivity contribution in [2.45, 2.75) is 49.9 Å². The topological polar surface area (TPSA) is 73.9 Å². The van der Waals surface area contributed by atoms with Gasteiger partial charge in [-0.05, 0) is 54.7 Å². The van der Waals surface area contributed by atoms with Crippen LogP contribution in [0.25, 0.3) is 0 Å². The lowest BCUT2D eigenvalue weighted by molar-refractivity contribution is -0.144. The highest BCUT2D eigenvalue weighted by Gasteiger charge is 2.56. The van der Waals surface area contributed by atoms with Crippen LogP contribution in [0.15, 0.2) is 48.5 Å². The van der Waals surface area contributed by atoms with Crippen molar-refractivity contribution in [1.29, 1.82) is 0 Å². The zero-order valence-corrected chi connectivity index (χ0v) is 17.4. The first kappa shape index (κ1) is 21.3. The van der Waals surface area contributed by atoms with E-state index in [2.05, 4.69) is 5.32 Å². The molecule has 1 N–H and O–H groups in total. The fourth-order valence-corrected chi connectivity index (χ4v) is 4.35. The van der Waals surface area contributed by atoms with Crippen LogP contribution in [0.1, 0.15) is 49.3 Å². The molecule has 2 aliphatic heterocycles. The number of carbonyl (C=O) groups excluding carboxylic acids is 2. The molecular weight excluding hydrogens is 401 g/mol. The number of amides is 1. The normalized spacial score (nSPS) is 25.3. The van der Waals surface area contributed by atoms with E-state index in [1.807, 2.05) is 24.3 Å². The van der Waals surface area contributed by atoms with Crippen LogP contribution in [0.3, 0.4) is 0 Å². The molecule has 0 spiro atoms. The second-order valence-electron chi connectivity index (χ2n) is 7.94. The van der Waals surface area contributed by atoms with Crippen molar-refractivity contribution in [3.8, 4) is 5.75 Å². The van der Waals surface area contributed by atoms with E-state index in [1.165, 1.54) is 19.2 Å². The number of ether oxygens (including phenoxy) is 3. The van der Waals surface area contributed by atoms with E-state index in [0.29, 0.717) is 17.9 Å². The molecule has 0 aromatic heterocycles. The second kappa shape index (κ2) is 9.06. The standard InChI is InChI=1S/C24H26FNO5/c1-29-20(27)13-14-24(17-7-9-18(25)10-8-17)22(26-23(24)28)16-5-11-19(12-6-16)31-21-4-2-3-15-30-21/h5-12,21-22H,2-4,13-15H2,1H3,(H,26,28)/t21?,22-,24+/m0/s1. The van der Waals surface area contributed by atoms with Gasteiger partial charge in [-0.1, -0.05) is 24.3 Å². The Hall–Kier alpha value is -2.93. The van der Waals surface area contributed by atoms with Crippen molar-refractivity contribution < 1.29 is 28.2 Å². The third-order valence-electron chi connectivity index (χ3n) is 6.10. The summed E-state index contributed by atoms with van der Waals surface area (Å²) in [4.78, 5) is 24.7. The molecule has 164 valence electrons. The van der Waals surface area contributed by atoms with Crippen LogP contribution in [-0.4, -0.2) is 31.9 Å². The Bertz CT molecular complexity index is 924. The van der Waals surface area contributed by atoms with E-state index in [9.17, 15) is 14.0 Å². The minimum atomic E-state index is -0.975. The predicted molar refractivity (Wildman–Crippen MR) is 111 cm³/mol. The molecule has 3 atom stereocenters. The minimum Gasteiger partial charge on any atom is -0.469 e. The maximum atomic E-state index is 13.5. The van der Waals surface area contributed by atoms with Gasteiger partial charge >= 0.3 is 5.97 Å². The molecule has 2 aliphatic rings. The molecule has 2 heterocycles. The number of benzene rings is 2. The zero-order chi connectivity index (χ0) is 21.8. The lowest BCUT2D eigenvalue weighted by atomic mass is 9.63. The summed E-state index contributed by atoms with van der Waals surface area (Å²) < 4.78 is 29.8. The highest BCUT2D eigenvalue weighted by Crippen LogP contribution is 2.48. The number of hydrogen-bond acceptors (Lipinski definition) is 5. The van der Waals surface area contributed by atoms with E-state index < -0.39 is 11.4 Å². The molecule has 0 aliphatic carbocycles. The summed E-state index contributed by atoms with van der Waals surface area (Å²) in [6.45, 7) is 0.706. The fraction of sp³-hybridized carbons (Fsp3) is 0.417. The van der Waals surface area contributed by atoms with Gasteiger partial charge < -0.3 is 19.5 Å². The van der Waals surface area contributed by atoms with Crippen molar-refractivity contribution in [1.82, 2.24) is 5.32 Å². The summed E-state index contributed by atoms with van der Waals surface area (Å²) in [5.74, 6) is -0.266. The molecule has 2 aromatic rings. The number of halogens is 1. The quantitative estimate of drug-likeness (QED) is 0.538. The molecule has 0 bridgehead atoms. The number of hydrogen-bond donors (Lipinski definition) is 1. The average Bonchev–Trinajstić information content (AvgIpc) is 2.80. The van der Waals surface area contributed by atoms with Crippen molar-refractivity contribution in [3.05, 3.63) is 65.5 Å². The number of methoxy groups -OCH3 is 1. The lowest BCUT2D eigenvalue weighted by Gasteiger charge is -2.49. The van der Waals surface area contributed by atoms with E-state index in [-0.39, 0.29) is 36.9 Å². The van der Waals surface area contributed by atoms with Gasteiger partial charge in [0.2, 0.25) is 5.91 Å². The molecule has 2 aromatic carbocycles. The van der Waals surface area contributed by atoms with Crippen LogP contribution in [-0.2, 0) is 24.5 Å². The number of β-lactam (4-membered cyclic amide) rings is 1. The van der Waals surface area contributed by atoms with Gasteiger partial charge in [-0.2, -0.15) is 0 Å². The van der Waals surface area contributed by atoms with E-state index in [4.69, 9.17) is 14.2 Å². The molecule has 7 heteroatoms. The molecule has 1 unspecified atom stereocenters. The highest BCUT2D eigenvalue weighted by atomic mass is 19.1. The molecule has 6 nitrogen and oxygen atoms in total. The highest BCUT2D eigenvalue weighted by molar-refractivity contribution is 5.96. The van der Waals surface area contributed by atoms with Crippen LogP contribution in [0.4, 0.5) is 4.39 Å². The van der Waals surface area contributed by atoms with Crippen LogP contribution in [0, 0.1) is 5.82 Å². The Morgan fingerprint density at radius 1 is 1.16 bits per heavy atom. The number of nitrogens with one attached hydrogen (secondary N) is 1. The Balaban J connectivity index is 1.58. The van der Waals surface area contributed by atoms with Gasteiger partial charge in [0, 0.05) is 12.8 Å². The third-order valence-corrected chi connectivity index (χ3v) is 6.10. The first-order valence-corrected chi connectivity index (χ1v) is 10.5. The molecule has 0 radical (unpaired) electrons. The van der Waals surface area contributed by atoms with Gasteiger partial charge in [0.05, 0.1) is 25.2 Å². The summed E-state index contributed by atoms with van der Waals surface area (Å²) in [6, 6.07) is 13.0. The van der Waals surface area contributed by atoms with Gasteiger partial charge in [-0.3, -0.25) is 9.59 Å². The van der Waals surface area contributed by atoms with Gasteiger partial charge in [-0.25, -0.2) is 4.39 Å². The Labute approximate surface area is 180 Å². The smallest absolute Gasteiger partial charge is 0.305 e. The maximum absolute atomic E-state index is 13.5. The monoisotopic (exact) mass is 427 g/mol. The van der Waals surface area contributed by atoms with Crippen molar-refractivity contribution >= 4 is 11.9 Å². The Kier molecular flexibility index (Phi) is 6.23. The maximum Gasteiger partial charge on any atom is 0.305 e. The molecule has 0 saturated carbocycles. The minimum absolute atomic E-state index is 0.0814. The molecule has 2 saturated heterocycles. The molecule has 2 fully saturated rings. The van der Waals surface area contributed by atoms with Gasteiger partial charge in [-0.15, -0.1) is 0 Å². The van der Waals surface area contributed by atoms with E-state index in [1.54, 1.807) is 12.1 Å². The molecule has 1 amide bonds. The number of carbonyl (C=O) groups is 2. The van der Waals surface area contributed by atoms with Crippen LogP contribution >= 0.6 is 0 Å². The Morgan fingerprint density at radius 2 is 1.90 bits per heavy atom. The van der Waals surface area contributed by atoms with Gasteiger partial charge in [0.15, 0.2) is 6.29 Å². The third kappa shape index (κ3) is 4.28. The first-order valence-electron chi connectivity index (χ1n) is 10.5. The van der Waals surface area contributed by atoms with Crippen molar-refractivity contribution in [2.75, 3.05) is 13.7 Å². The lowest BCUT2D eigenvalue weighted by Crippen LogP contribution is -2.64. The summed E-state index contributed by atoms with van der Waals surface area (Å²) in [6.07, 6.45) is 3.10. The van der Waals surface area contributed by atoms with Crippen LogP contribution in [0.5, 0.6) is 5.75 Å². The average molecular weight is 427 g/mol. The van der Waals surface area contributed by atoms with Crippen LogP contribution in [0.2, 0.25) is 0 Å². The summed E-state index contributed by atoms with van der Waals surface area (Å²) in [5.41, 5.74) is 0.574. The fourth-order valence-electron chi connectivity index (χ4n) is 4.35. The molecule has 31 heavy (non-hydrogen) atoms. The van der Waals surface area contributed by atoms with Gasteiger partial charge in [0.1, 0.15) is 11.6 Å². The number of rotatable bonds is 7.